The van der Waals surface area contributed by atoms with Gasteiger partial charge in [0.25, 0.3) is 5.91 Å². The predicted molar refractivity (Wildman–Crippen MR) is 80.0 cm³/mol. The molecule has 1 amide bonds. The van der Waals surface area contributed by atoms with Gasteiger partial charge < -0.3 is 20.2 Å². The van der Waals surface area contributed by atoms with E-state index in [-0.39, 0.29) is 5.91 Å². The normalized spacial score (nSPS) is 17.9. The van der Waals surface area contributed by atoms with Crippen molar-refractivity contribution in [1.82, 2.24) is 10.2 Å². The van der Waals surface area contributed by atoms with Crippen molar-refractivity contribution in [3.8, 4) is 0 Å². The minimum atomic E-state index is -0.114. The van der Waals surface area contributed by atoms with Crippen molar-refractivity contribution < 1.29 is 13.9 Å². The van der Waals surface area contributed by atoms with Crippen LogP contribution < -0.4 is 11.1 Å². The molecule has 0 aliphatic carbocycles. The van der Waals surface area contributed by atoms with Crippen molar-refractivity contribution in [1.29, 1.82) is 0 Å². The number of ether oxygens (including phenoxy) is 1. The molecule has 2 heterocycles. The second-order valence-corrected chi connectivity index (χ2v) is 5.68. The molecule has 1 saturated heterocycles. The van der Waals surface area contributed by atoms with Crippen molar-refractivity contribution in [3.05, 3.63) is 23.7 Å². The summed E-state index contributed by atoms with van der Waals surface area (Å²) >= 11 is 0. The van der Waals surface area contributed by atoms with Crippen molar-refractivity contribution in [2.75, 3.05) is 32.8 Å². The zero-order valence-electron chi connectivity index (χ0n) is 12.8. The SMILES string of the molecule is CC(C)C(CNC(=O)c1coc(CN)c1)N1CCOCC1. The molecule has 3 N–H and O–H groups in total. The molecule has 1 aliphatic heterocycles. The summed E-state index contributed by atoms with van der Waals surface area (Å²) in [5.41, 5.74) is 6.01. The first-order valence-corrected chi connectivity index (χ1v) is 7.49. The first kappa shape index (κ1) is 16.0. The van der Waals surface area contributed by atoms with Crippen LogP contribution >= 0.6 is 0 Å². The first-order chi connectivity index (χ1) is 10.1. The topological polar surface area (TPSA) is 80.7 Å². The van der Waals surface area contributed by atoms with Gasteiger partial charge in [0.15, 0.2) is 0 Å². The maximum Gasteiger partial charge on any atom is 0.254 e. The van der Waals surface area contributed by atoms with Crippen LogP contribution in [0, 0.1) is 5.92 Å². The van der Waals surface area contributed by atoms with Crippen LogP contribution in [0.25, 0.3) is 0 Å². The Morgan fingerprint density at radius 3 is 2.71 bits per heavy atom. The maximum atomic E-state index is 12.1. The third-order valence-corrected chi connectivity index (χ3v) is 3.87. The lowest BCUT2D eigenvalue weighted by Crippen LogP contribution is -2.51. The highest BCUT2D eigenvalue weighted by atomic mass is 16.5. The Balaban J connectivity index is 1.90. The van der Waals surface area contributed by atoms with E-state index >= 15 is 0 Å². The Morgan fingerprint density at radius 1 is 1.43 bits per heavy atom. The molecule has 1 unspecified atom stereocenters. The van der Waals surface area contributed by atoms with E-state index in [2.05, 4.69) is 24.1 Å². The Kier molecular flexibility index (Phi) is 5.78. The molecule has 1 aromatic rings. The Labute approximate surface area is 125 Å². The number of nitrogens with two attached hydrogens (primary N) is 1. The van der Waals surface area contributed by atoms with Crippen molar-refractivity contribution >= 4 is 5.91 Å². The molecule has 1 aromatic heterocycles. The van der Waals surface area contributed by atoms with Gasteiger partial charge >= 0.3 is 0 Å². The van der Waals surface area contributed by atoms with Crippen LogP contribution in [0.2, 0.25) is 0 Å². The molecule has 0 radical (unpaired) electrons. The van der Waals surface area contributed by atoms with Crippen LogP contribution in [-0.2, 0) is 11.3 Å². The summed E-state index contributed by atoms with van der Waals surface area (Å²) in [6.45, 7) is 8.64. The molecule has 6 nitrogen and oxygen atoms in total. The molecule has 21 heavy (non-hydrogen) atoms. The lowest BCUT2D eigenvalue weighted by Gasteiger charge is -2.36. The standard InChI is InChI=1S/C15H25N3O3/c1-11(2)14(18-3-5-20-6-4-18)9-17-15(19)12-7-13(8-16)21-10-12/h7,10-11,14H,3-6,8-9,16H2,1-2H3,(H,17,19). The fourth-order valence-corrected chi connectivity index (χ4v) is 2.60. The van der Waals surface area contributed by atoms with Crippen LogP contribution in [0.5, 0.6) is 0 Å². The number of nitrogens with zero attached hydrogens (tertiary/aromatic N) is 1. The zero-order chi connectivity index (χ0) is 15.2. The van der Waals surface area contributed by atoms with Gasteiger partial charge in [-0.2, -0.15) is 0 Å². The van der Waals surface area contributed by atoms with E-state index in [1.165, 1.54) is 6.26 Å². The van der Waals surface area contributed by atoms with Crippen molar-refractivity contribution in [3.63, 3.8) is 0 Å². The largest absolute Gasteiger partial charge is 0.467 e. The average molecular weight is 295 g/mol. The maximum absolute atomic E-state index is 12.1. The lowest BCUT2D eigenvalue weighted by atomic mass is 10.0. The molecule has 0 spiro atoms. The molecular formula is C15H25N3O3. The number of rotatable bonds is 6. The third kappa shape index (κ3) is 4.30. The van der Waals surface area contributed by atoms with Gasteiger partial charge in [-0.15, -0.1) is 0 Å². The summed E-state index contributed by atoms with van der Waals surface area (Å²) < 4.78 is 10.6. The van der Waals surface area contributed by atoms with Gasteiger partial charge in [0.05, 0.1) is 25.3 Å². The first-order valence-electron chi connectivity index (χ1n) is 7.49. The summed E-state index contributed by atoms with van der Waals surface area (Å²) in [4.78, 5) is 14.5. The summed E-state index contributed by atoms with van der Waals surface area (Å²) in [5.74, 6) is 0.971. The molecular weight excluding hydrogens is 270 g/mol. The number of hydrogen-bond donors (Lipinski definition) is 2. The summed E-state index contributed by atoms with van der Waals surface area (Å²) in [6.07, 6.45) is 1.46. The fourth-order valence-electron chi connectivity index (χ4n) is 2.60. The van der Waals surface area contributed by atoms with Crippen molar-refractivity contribution in [2.24, 2.45) is 11.7 Å². The van der Waals surface area contributed by atoms with Gasteiger partial charge in [0, 0.05) is 25.7 Å². The van der Waals surface area contributed by atoms with Crippen LogP contribution in [0.15, 0.2) is 16.7 Å². The average Bonchev–Trinajstić information content (AvgIpc) is 2.97. The number of furan rings is 1. The number of nitrogens with one attached hydrogen (secondary N) is 1. The van der Waals surface area contributed by atoms with E-state index in [9.17, 15) is 4.79 Å². The van der Waals surface area contributed by atoms with Crippen LogP contribution in [0.1, 0.15) is 30.0 Å². The van der Waals surface area contributed by atoms with E-state index in [0.29, 0.717) is 36.4 Å². The lowest BCUT2D eigenvalue weighted by molar-refractivity contribution is 0.00672. The van der Waals surface area contributed by atoms with Gasteiger partial charge in [0.1, 0.15) is 12.0 Å². The highest BCUT2D eigenvalue weighted by Crippen LogP contribution is 2.13. The summed E-state index contributed by atoms with van der Waals surface area (Å²) in [7, 11) is 0. The molecule has 1 atom stereocenters. The minimum absolute atomic E-state index is 0.114. The number of carbonyl (C=O) groups is 1. The van der Waals surface area contributed by atoms with Crippen molar-refractivity contribution in [2.45, 2.75) is 26.4 Å². The van der Waals surface area contributed by atoms with Gasteiger partial charge in [0.2, 0.25) is 0 Å². The fraction of sp³-hybridized carbons (Fsp3) is 0.667. The molecule has 1 fully saturated rings. The number of carbonyl (C=O) groups excluding carboxylic acids is 1. The van der Waals surface area contributed by atoms with E-state index in [1.54, 1.807) is 6.07 Å². The van der Waals surface area contributed by atoms with Gasteiger partial charge in [-0.05, 0) is 12.0 Å². The predicted octanol–water partition coefficient (Wildman–Crippen LogP) is 0.825. The monoisotopic (exact) mass is 295 g/mol. The Bertz CT molecular complexity index is 453. The zero-order valence-corrected chi connectivity index (χ0v) is 12.8. The van der Waals surface area contributed by atoms with Gasteiger partial charge in [-0.25, -0.2) is 0 Å². The van der Waals surface area contributed by atoms with E-state index < -0.39 is 0 Å². The van der Waals surface area contributed by atoms with Crippen LogP contribution in [0.3, 0.4) is 0 Å². The molecule has 1 aliphatic rings. The second-order valence-electron chi connectivity index (χ2n) is 5.68. The minimum Gasteiger partial charge on any atom is -0.467 e. The number of amides is 1. The summed E-state index contributed by atoms with van der Waals surface area (Å²) in [5, 5.41) is 2.99. The third-order valence-electron chi connectivity index (χ3n) is 3.87. The highest BCUT2D eigenvalue weighted by Gasteiger charge is 2.24. The molecule has 0 bridgehead atoms. The van der Waals surface area contributed by atoms with Gasteiger partial charge in [-0.1, -0.05) is 13.8 Å². The molecule has 118 valence electrons. The molecule has 0 aromatic carbocycles. The highest BCUT2D eigenvalue weighted by molar-refractivity contribution is 5.93. The second kappa shape index (κ2) is 7.59. The van der Waals surface area contributed by atoms with Crippen LogP contribution in [-0.4, -0.2) is 49.7 Å². The number of morpholine rings is 1. The molecule has 2 rings (SSSR count). The number of hydrogen-bond acceptors (Lipinski definition) is 5. The Morgan fingerprint density at radius 2 is 2.14 bits per heavy atom. The molecule has 0 saturated carbocycles. The molecule has 6 heteroatoms. The van der Waals surface area contributed by atoms with E-state index in [0.717, 1.165) is 26.3 Å². The van der Waals surface area contributed by atoms with E-state index in [4.69, 9.17) is 14.9 Å². The van der Waals surface area contributed by atoms with E-state index in [1.807, 2.05) is 0 Å². The van der Waals surface area contributed by atoms with Crippen LogP contribution in [0.4, 0.5) is 0 Å². The summed E-state index contributed by atoms with van der Waals surface area (Å²) in [6, 6.07) is 2.01. The quantitative estimate of drug-likeness (QED) is 0.812. The smallest absolute Gasteiger partial charge is 0.254 e. The Hall–Kier alpha value is -1.37. The van der Waals surface area contributed by atoms with Gasteiger partial charge in [-0.3, -0.25) is 9.69 Å².